The lowest BCUT2D eigenvalue weighted by molar-refractivity contribution is 0.414. The third-order valence-electron chi connectivity index (χ3n) is 4.38. The molecule has 0 spiro atoms. The van der Waals surface area contributed by atoms with Crippen LogP contribution >= 0.6 is 0 Å². The average molecular weight is 296 g/mol. The first-order valence-electron chi connectivity index (χ1n) is 7.32. The number of hydrogen-bond donors (Lipinski definition) is 1. The summed E-state index contributed by atoms with van der Waals surface area (Å²) in [5, 5.41) is 7.70. The average Bonchev–Trinajstić information content (AvgIpc) is 3.02. The van der Waals surface area contributed by atoms with Gasteiger partial charge < -0.3 is 4.74 Å². The largest absolute Gasteiger partial charge is 0.497 e. The number of benzene rings is 1. The third-order valence-corrected chi connectivity index (χ3v) is 4.38. The van der Waals surface area contributed by atoms with Crippen molar-refractivity contribution in [2.45, 2.75) is 25.3 Å². The van der Waals surface area contributed by atoms with E-state index < -0.39 is 0 Å². The quantitative estimate of drug-likeness (QED) is 0.783. The highest BCUT2D eigenvalue weighted by molar-refractivity contribution is 5.78. The topological polar surface area (TPSA) is 72.8 Å². The van der Waals surface area contributed by atoms with E-state index in [9.17, 15) is 4.79 Å². The van der Waals surface area contributed by atoms with Crippen LogP contribution in [0.25, 0.3) is 10.9 Å². The summed E-state index contributed by atoms with van der Waals surface area (Å²) in [7, 11) is 1.59. The molecule has 4 rings (SSSR count). The second-order valence-electron chi connectivity index (χ2n) is 5.61. The van der Waals surface area contributed by atoms with E-state index in [0.29, 0.717) is 16.7 Å². The van der Waals surface area contributed by atoms with Gasteiger partial charge in [0.1, 0.15) is 5.75 Å². The monoisotopic (exact) mass is 296 g/mol. The minimum atomic E-state index is -0.0168. The van der Waals surface area contributed by atoms with Gasteiger partial charge in [-0.3, -0.25) is 14.5 Å². The van der Waals surface area contributed by atoms with Crippen molar-refractivity contribution >= 4 is 10.9 Å². The van der Waals surface area contributed by atoms with Crippen molar-refractivity contribution in [2.75, 3.05) is 7.11 Å². The molecule has 2 aromatic heterocycles. The third kappa shape index (κ3) is 1.99. The number of hydrogen-bond acceptors (Lipinski definition) is 4. The molecule has 6 nitrogen and oxygen atoms in total. The molecule has 2 heterocycles. The Morgan fingerprint density at radius 2 is 2.32 bits per heavy atom. The lowest BCUT2D eigenvalue weighted by Gasteiger charge is -2.23. The van der Waals surface area contributed by atoms with Crippen LogP contribution in [0.2, 0.25) is 0 Å². The van der Waals surface area contributed by atoms with Gasteiger partial charge in [-0.15, -0.1) is 0 Å². The van der Waals surface area contributed by atoms with E-state index in [1.807, 2.05) is 18.3 Å². The maximum absolute atomic E-state index is 12.8. The van der Waals surface area contributed by atoms with Crippen LogP contribution in [0.4, 0.5) is 0 Å². The summed E-state index contributed by atoms with van der Waals surface area (Å²) in [5.74, 6) is 0.670. The Kier molecular flexibility index (Phi) is 2.96. The van der Waals surface area contributed by atoms with Crippen LogP contribution in [-0.4, -0.2) is 26.9 Å². The molecule has 1 unspecified atom stereocenters. The smallest absolute Gasteiger partial charge is 0.261 e. The number of fused-ring (bicyclic) bond motifs is 2. The van der Waals surface area contributed by atoms with Crippen LogP contribution in [0.15, 0.2) is 35.5 Å². The van der Waals surface area contributed by atoms with Gasteiger partial charge in [-0.1, -0.05) is 0 Å². The second-order valence-corrected chi connectivity index (χ2v) is 5.61. The maximum atomic E-state index is 12.8. The van der Waals surface area contributed by atoms with Crippen LogP contribution in [0.5, 0.6) is 5.75 Å². The van der Waals surface area contributed by atoms with Gasteiger partial charge in [0.05, 0.1) is 30.5 Å². The van der Waals surface area contributed by atoms with E-state index in [-0.39, 0.29) is 11.6 Å². The van der Waals surface area contributed by atoms with E-state index in [4.69, 9.17) is 4.74 Å². The summed E-state index contributed by atoms with van der Waals surface area (Å²) >= 11 is 0. The molecule has 0 aliphatic heterocycles. The summed E-state index contributed by atoms with van der Waals surface area (Å²) in [6.07, 6.45) is 6.16. The minimum absolute atomic E-state index is 0.0168. The standard InChI is InChI=1S/C16H16N4O2/c1-22-12-4-5-14-13(7-12)16(21)20(9-17-14)11-3-2-10-8-18-19-15(10)6-11/h4-5,7-9,11H,2-3,6H2,1H3,(H,18,19). The summed E-state index contributed by atoms with van der Waals surface area (Å²) in [6.45, 7) is 0. The molecule has 0 fully saturated rings. The van der Waals surface area contributed by atoms with E-state index >= 15 is 0 Å². The highest BCUT2D eigenvalue weighted by Crippen LogP contribution is 2.27. The van der Waals surface area contributed by atoms with Crippen LogP contribution in [0, 0.1) is 0 Å². The van der Waals surface area contributed by atoms with Crippen LogP contribution in [0.1, 0.15) is 23.7 Å². The molecule has 1 aromatic carbocycles. The number of nitrogens with zero attached hydrogens (tertiary/aromatic N) is 3. The fourth-order valence-corrected chi connectivity index (χ4v) is 3.13. The first-order valence-corrected chi connectivity index (χ1v) is 7.32. The van der Waals surface area contributed by atoms with Crippen molar-refractivity contribution in [1.82, 2.24) is 19.7 Å². The van der Waals surface area contributed by atoms with Crippen molar-refractivity contribution in [2.24, 2.45) is 0 Å². The summed E-state index contributed by atoms with van der Waals surface area (Å²) in [4.78, 5) is 17.2. The van der Waals surface area contributed by atoms with Crippen molar-refractivity contribution in [3.63, 3.8) is 0 Å². The normalized spacial score (nSPS) is 17.4. The summed E-state index contributed by atoms with van der Waals surface area (Å²) in [6, 6.07) is 5.50. The first-order chi connectivity index (χ1) is 10.8. The molecule has 1 N–H and O–H groups in total. The summed E-state index contributed by atoms with van der Waals surface area (Å²) in [5.41, 5.74) is 3.05. The predicted octanol–water partition coefficient (Wildman–Crippen LogP) is 1.86. The molecule has 6 heteroatoms. The van der Waals surface area contributed by atoms with E-state index in [1.54, 1.807) is 24.1 Å². The van der Waals surface area contributed by atoms with Crippen molar-refractivity contribution in [3.05, 3.63) is 52.3 Å². The zero-order chi connectivity index (χ0) is 15.1. The number of aromatic nitrogens is 4. The molecular formula is C16H16N4O2. The molecule has 0 saturated heterocycles. The molecule has 0 radical (unpaired) electrons. The summed E-state index contributed by atoms with van der Waals surface area (Å²) < 4.78 is 6.95. The number of nitrogens with one attached hydrogen (secondary N) is 1. The molecule has 0 saturated carbocycles. The Hall–Kier alpha value is -2.63. The predicted molar refractivity (Wildman–Crippen MR) is 82.2 cm³/mol. The van der Waals surface area contributed by atoms with E-state index in [2.05, 4.69) is 15.2 Å². The first kappa shape index (κ1) is 13.1. The fraction of sp³-hybridized carbons (Fsp3) is 0.312. The van der Waals surface area contributed by atoms with Crippen LogP contribution in [-0.2, 0) is 12.8 Å². The van der Waals surface area contributed by atoms with Gasteiger partial charge in [0.25, 0.3) is 5.56 Å². The molecule has 1 aliphatic carbocycles. The van der Waals surface area contributed by atoms with Gasteiger partial charge in [-0.2, -0.15) is 5.10 Å². The molecule has 0 bridgehead atoms. The minimum Gasteiger partial charge on any atom is -0.497 e. The number of methoxy groups -OCH3 is 1. The highest BCUT2D eigenvalue weighted by atomic mass is 16.5. The SMILES string of the molecule is COc1ccc2ncn(C3CCc4cn[nH]c4C3)c(=O)c2c1. The highest BCUT2D eigenvalue weighted by Gasteiger charge is 2.23. The molecule has 1 aliphatic rings. The van der Waals surface area contributed by atoms with Crippen molar-refractivity contribution in [1.29, 1.82) is 0 Å². The Labute approximate surface area is 126 Å². The van der Waals surface area contributed by atoms with E-state index in [1.165, 1.54) is 5.56 Å². The fourth-order valence-electron chi connectivity index (χ4n) is 3.13. The van der Waals surface area contributed by atoms with Crippen LogP contribution in [0.3, 0.4) is 0 Å². The number of aryl methyl sites for hydroxylation is 1. The molecule has 0 amide bonds. The number of H-pyrrole nitrogens is 1. The Morgan fingerprint density at radius 3 is 3.18 bits per heavy atom. The van der Waals surface area contributed by atoms with Gasteiger partial charge in [0.15, 0.2) is 0 Å². The molecule has 3 aromatic rings. The Bertz CT molecular complexity index is 897. The van der Waals surface area contributed by atoms with Crippen LogP contribution < -0.4 is 10.3 Å². The van der Waals surface area contributed by atoms with Crippen molar-refractivity contribution in [3.8, 4) is 5.75 Å². The van der Waals surface area contributed by atoms with E-state index in [0.717, 1.165) is 25.0 Å². The zero-order valence-corrected chi connectivity index (χ0v) is 12.2. The van der Waals surface area contributed by atoms with Gasteiger partial charge in [-0.05, 0) is 36.6 Å². The maximum Gasteiger partial charge on any atom is 0.261 e. The molecule has 112 valence electrons. The zero-order valence-electron chi connectivity index (χ0n) is 12.2. The Morgan fingerprint density at radius 1 is 1.41 bits per heavy atom. The molecule has 1 atom stereocenters. The second kappa shape index (κ2) is 4.98. The number of ether oxygens (including phenoxy) is 1. The van der Waals surface area contributed by atoms with Gasteiger partial charge >= 0.3 is 0 Å². The van der Waals surface area contributed by atoms with Crippen molar-refractivity contribution < 1.29 is 4.74 Å². The Balaban J connectivity index is 1.79. The lowest BCUT2D eigenvalue weighted by atomic mass is 9.93. The van der Waals surface area contributed by atoms with Gasteiger partial charge in [0, 0.05) is 18.2 Å². The van der Waals surface area contributed by atoms with Gasteiger partial charge in [0.2, 0.25) is 0 Å². The lowest BCUT2D eigenvalue weighted by Crippen LogP contribution is -2.29. The van der Waals surface area contributed by atoms with Gasteiger partial charge in [-0.25, -0.2) is 4.98 Å². The number of rotatable bonds is 2. The molecular weight excluding hydrogens is 280 g/mol. The molecule has 22 heavy (non-hydrogen) atoms. The number of aromatic amines is 1.